The Morgan fingerprint density at radius 3 is 2.45 bits per heavy atom. The second-order valence-corrected chi connectivity index (χ2v) is 5.49. The summed E-state index contributed by atoms with van der Waals surface area (Å²) in [5.74, 6) is -0.852. The molecule has 0 bridgehead atoms. The van der Waals surface area contributed by atoms with E-state index in [1.54, 1.807) is 6.08 Å². The summed E-state index contributed by atoms with van der Waals surface area (Å²) in [6.07, 6.45) is 6.76. The molecule has 22 heavy (non-hydrogen) atoms. The minimum atomic E-state index is -0.338. The molecule has 2 N–H and O–H groups in total. The van der Waals surface area contributed by atoms with Crippen LogP contribution in [0.2, 0.25) is 0 Å². The summed E-state index contributed by atoms with van der Waals surface area (Å²) in [6.45, 7) is 5.96. The highest BCUT2D eigenvalue weighted by atomic mass is 16.2. The maximum absolute atomic E-state index is 12.6. The van der Waals surface area contributed by atoms with Crippen molar-refractivity contribution in [3.05, 3.63) is 54.6 Å². The Kier molecular flexibility index (Phi) is 5.53. The molecule has 4 nitrogen and oxygen atoms in total. The predicted molar refractivity (Wildman–Crippen MR) is 88.4 cm³/mol. The lowest BCUT2D eigenvalue weighted by molar-refractivity contribution is -0.132. The van der Waals surface area contributed by atoms with E-state index in [0.717, 1.165) is 11.3 Å². The molecule has 0 saturated carbocycles. The number of hydrogen-bond donors (Lipinski definition) is 2. The van der Waals surface area contributed by atoms with E-state index in [1.165, 1.54) is 0 Å². The highest BCUT2D eigenvalue weighted by molar-refractivity contribution is 5.96. The number of benzene rings is 1. The van der Waals surface area contributed by atoms with Crippen molar-refractivity contribution in [2.75, 3.05) is 11.9 Å². The van der Waals surface area contributed by atoms with Crippen LogP contribution in [0.5, 0.6) is 0 Å². The lowest BCUT2D eigenvalue weighted by Crippen LogP contribution is -2.40. The van der Waals surface area contributed by atoms with E-state index in [4.69, 9.17) is 0 Å². The van der Waals surface area contributed by atoms with E-state index in [0.29, 0.717) is 19.4 Å². The number of amides is 2. The molecule has 4 heteroatoms. The Labute approximate surface area is 131 Å². The van der Waals surface area contributed by atoms with E-state index >= 15 is 0 Å². The third-order valence-electron chi connectivity index (χ3n) is 3.93. The fourth-order valence-electron chi connectivity index (χ4n) is 2.64. The fraction of sp³-hybridized carbons (Fsp3) is 0.333. The molecule has 0 spiro atoms. The van der Waals surface area contributed by atoms with Gasteiger partial charge in [-0.3, -0.25) is 9.59 Å². The normalized spacial score (nSPS) is 20.2. The first kappa shape index (κ1) is 16.0. The number of carbonyl (C=O) groups excluding carboxylic acids is 2. The lowest BCUT2D eigenvalue weighted by atomic mass is 9.81. The zero-order chi connectivity index (χ0) is 15.9. The van der Waals surface area contributed by atoms with Gasteiger partial charge in [0.2, 0.25) is 11.8 Å². The average molecular weight is 298 g/mol. The van der Waals surface area contributed by atoms with Crippen molar-refractivity contribution in [3.63, 3.8) is 0 Å². The Morgan fingerprint density at radius 2 is 1.82 bits per heavy atom. The molecule has 116 valence electrons. The van der Waals surface area contributed by atoms with Crippen LogP contribution in [0, 0.1) is 18.8 Å². The Balaban J connectivity index is 2.09. The van der Waals surface area contributed by atoms with Gasteiger partial charge in [-0.1, -0.05) is 36.4 Å². The monoisotopic (exact) mass is 298 g/mol. The van der Waals surface area contributed by atoms with Crippen LogP contribution >= 0.6 is 0 Å². The number of hydrogen-bond acceptors (Lipinski definition) is 2. The molecular weight excluding hydrogens is 276 g/mol. The zero-order valence-electron chi connectivity index (χ0n) is 12.8. The fourth-order valence-corrected chi connectivity index (χ4v) is 2.64. The SMILES string of the molecule is C=CCNC(=O)[C@H]1CC=CC[C@H]1C(=O)Nc1ccccc1C. The quantitative estimate of drug-likeness (QED) is 0.821. The van der Waals surface area contributed by atoms with Crippen LogP contribution in [0.25, 0.3) is 0 Å². The minimum Gasteiger partial charge on any atom is -0.352 e. The summed E-state index contributed by atoms with van der Waals surface area (Å²) >= 11 is 0. The van der Waals surface area contributed by atoms with Gasteiger partial charge in [0.15, 0.2) is 0 Å². The molecule has 2 amide bonds. The van der Waals surface area contributed by atoms with Crippen molar-refractivity contribution >= 4 is 17.5 Å². The van der Waals surface area contributed by atoms with Crippen molar-refractivity contribution in [2.24, 2.45) is 11.8 Å². The molecule has 0 aromatic heterocycles. The molecule has 0 radical (unpaired) electrons. The first-order valence-electron chi connectivity index (χ1n) is 7.53. The summed E-state index contributed by atoms with van der Waals surface area (Å²) in [6, 6.07) is 7.64. The molecular formula is C18H22N2O2. The maximum Gasteiger partial charge on any atom is 0.228 e. The number of aryl methyl sites for hydroxylation is 1. The van der Waals surface area contributed by atoms with Gasteiger partial charge in [0, 0.05) is 12.2 Å². The summed E-state index contributed by atoms with van der Waals surface area (Å²) in [5.41, 5.74) is 1.81. The topological polar surface area (TPSA) is 58.2 Å². The number of rotatable bonds is 5. The predicted octanol–water partition coefficient (Wildman–Crippen LogP) is 2.82. The van der Waals surface area contributed by atoms with Crippen LogP contribution in [0.3, 0.4) is 0 Å². The van der Waals surface area contributed by atoms with Crippen molar-refractivity contribution in [2.45, 2.75) is 19.8 Å². The number of anilines is 1. The molecule has 1 aromatic carbocycles. The highest BCUT2D eigenvalue weighted by Gasteiger charge is 2.33. The van der Waals surface area contributed by atoms with E-state index in [2.05, 4.69) is 17.2 Å². The lowest BCUT2D eigenvalue weighted by Gasteiger charge is -2.26. The number of carbonyl (C=O) groups is 2. The van der Waals surface area contributed by atoms with E-state index in [1.807, 2.05) is 43.3 Å². The van der Waals surface area contributed by atoms with Gasteiger partial charge in [0.05, 0.1) is 11.8 Å². The number of para-hydroxylation sites is 1. The number of nitrogens with one attached hydrogen (secondary N) is 2. The third kappa shape index (κ3) is 3.85. The molecule has 0 fully saturated rings. The largest absolute Gasteiger partial charge is 0.352 e. The van der Waals surface area contributed by atoms with Gasteiger partial charge in [0.25, 0.3) is 0 Å². The second kappa shape index (κ2) is 7.59. The van der Waals surface area contributed by atoms with E-state index in [-0.39, 0.29) is 23.7 Å². The van der Waals surface area contributed by atoms with Crippen molar-refractivity contribution in [1.82, 2.24) is 5.32 Å². The molecule has 0 saturated heterocycles. The molecule has 1 aliphatic rings. The smallest absolute Gasteiger partial charge is 0.228 e. The molecule has 0 unspecified atom stereocenters. The van der Waals surface area contributed by atoms with E-state index < -0.39 is 0 Å². The van der Waals surface area contributed by atoms with Crippen molar-refractivity contribution in [1.29, 1.82) is 0 Å². The molecule has 0 aliphatic heterocycles. The van der Waals surface area contributed by atoms with Crippen LogP contribution in [0.15, 0.2) is 49.1 Å². The van der Waals surface area contributed by atoms with Gasteiger partial charge < -0.3 is 10.6 Å². The Bertz CT molecular complexity index is 593. The average Bonchev–Trinajstić information content (AvgIpc) is 2.54. The molecule has 1 aliphatic carbocycles. The summed E-state index contributed by atoms with van der Waals surface area (Å²) in [7, 11) is 0. The second-order valence-electron chi connectivity index (χ2n) is 5.49. The summed E-state index contributed by atoms with van der Waals surface area (Å²) in [5, 5.41) is 5.74. The first-order chi connectivity index (χ1) is 10.6. The standard InChI is InChI=1S/C18H22N2O2/c1-3-12-19-17(21)14-9-5-6-10-15(14)18(22)20-16-11-7-4-8-13(16)2/h3-8,11,14-15H,1,9-10,12H2,2H3,(H,19,21)(H,20,22)/t14-,15+/m0/s1. The zero-order valence-corrected chi connectivity index (χ0v) is 12.8. The maximum atomic E-state index is 12.6. The van der Waals surface area contributed by atoms with Crippen LogP contribution in [-0.2, 0) is 9.59 Å². The van der Waals surface area contributed by atoms with Crippen LogP contribution in [0.1, 0.15) is 18.4 Å². The summed E-state index contributed by atoms with van der Waals surface area (Å²) in [4.78, 5) is 24.8. The van der Waals surface area contributed by atoms with Gasteiger partial charge in [-0.2, -0.15) is 0 Å². The molecule has 2 atom stereocenters. The number of allylic oxidation sites excluding steroid dienone is 2. The minimum absolute atomic E-state index is 0.0887. The summed E-state index contributed by atoms with van der Waals surface area (Å²) < 4.78 is 0. The van der Waals surface area contributed by atoms with Crippen molar-refractivity contribution in [3.8, 4) is 0 Å². The van der Waals surface area contributed by atoms with Gasteiger partial charge >= 0.3 is 0 Å². The van der Waals surface area contributed by atoms with Crippen molar-refractivity contribution < 1.29 is 9.59 Å². The third-order valence-corrected chi connectivity index (χ3v) is 3.93. The van der Waals surface area contributed by atoms with Gasteiger partial charge in [-0.15, -0.1) is 6.58 Å². The molecule has 1 aromatic rings. The van der Waals surface area contributed by atoms with Gasteiger partial charge in [-0.05, 0) is 31.4 Å². The van der Waals surface area contributed by atoms with Gasteiger partial charge in [-0.25, -0.2) is 0 Å². The van der Waals surface area contributed by atoms with E-state index in [9.17, 15) is 9.59 Å². The highest BCUT2D eigenvalue weighted by Crippen LogP contribution is 2.27. The first-order valence-corrected chi connectivity index (χ1v) is 7.53. The molecule has 0 heterocycles. The van der Waals surface area contributed by atoms with Crippen LogP contribution in [0.4, 0.5) is 5.69 Å². The molecule has 2 rings (SSSR count). The van der Waals surface area contributed by atoms with Gasteiger partial charge in [0.1, 0.15) is 0 Å². The Hall–Kier alpha value is -2.36. The van der Waals surface area contributed by atoms with Crippen LogP contribution in [-0.4, -0.2) is 18.4 Å². The van der Waals surface area contributed by atoms with Crippen LogP contribution < -0.4 is 10.6 Å². The Morgan fingerprint density at radius 1 is 1.18 bits per heavy atom.